The average Bonchev–Trinajstić information content (AvgIpc) is 2.08. The number of aliphatic hydroxyl groups is 4. The number of alkyl halides is 1. The number of hydrogen-bond acceptors (Lipinski definition) is 5. The molecule has 0 saturated carbocycles. The van der Waals surface area contributed by atoms with Crippen LogP contribution in [-0.2, 0) is 4.74 Å². The minimum Gasteiger partial charge on any atom is -0.394 e. The van der Waals surface area contributed by atoms with Crippen LogP contribution in [-0.4, -0.2) is 57.0 Å². The zero-order chi connectivity index (χ0) is 9.30. The molecule has 12 heavy (non-hydrogen) atoms. The zero-order valence-electron chi connectivity index (χ0n) is 6.17. The van der Waals surface area contributed by atoms with Gasteiger partial charge in [0.25, 0.3) is 0 Å². The maximum atomic E-state index is 9.20. The van der Waals surface area contributed by atoms with Gasteiger partial charge in [0.05, 0.1) is 6.61 Å². The SMILES string of the molecule is OC[C@@H]1O[C@@H](O)C(Cl)C(O)[C@H]1O. The number of rotatable bonds is 1. The van der Waals surface area contributed by atoms with Gasteiger partial charge >= 0.3 is 0 Å². The van der Waals surface area contributed by atoms with Crippen LogP contribution in [0, 0.1) is 0 Å². The van der Waals surface area contributed by atoms with Crippen LogP contribution in [0.2, 0.25) is 0 Å². The van der Waals surface area contributed by atoms with E-state index >= 15 is 0 Å². The lowest BCUT2D eigenvalue weighted by molar-refractivity contribution is -0.236. The normalized spacial score (nSPS) is 49.2. The molecule has 1 aliphatic heterocycles. The zero-order valence-corrected chi connectivity index (χ0v) is 6.92. The standard InChI is InChI=1S/C6H11ClO5/c7-3-5(10)4(9)2(1-8)12-6(3)11/h2-6,8-11H,1H2/t2-,3?,4-,5?,6+/m0/s1. The Morgan fingerprint density at radius 2 is 1.75 bits per heavy atom. The second kappa shape index (κ2) is 3.87. The lowest BCUT2D eigenvalue weighted by Crippen LogP contribution is -2.56. The van der Waals surface area contributed by atoms with Gasteiger partial charge in [0, 0.05) is 0 Å². The van der Waals surface area contributed by atoms with Crippen molar-refractivity contribution >= 4 is 11.6 Å². The van der Waals surface area contributed by atoms with Crippen LogP contribution in [0.5, 0.6) is 0 Å². The van der Waals surface area contributed by atoms with Gasteiger partial charge in [-0.25, -0.2) is 0 Å². The summed E-state index contributed by atoms with van der Waals surface area (Å²) in [5, 5.41) is 35.0. The van der Waals surface area contributed by atoms with Crippen LogP contribution in [0.4, 0.5) is 0 Å². The number of halogens is 1. The van der Waals surface area contributed by atoms with Crippen LogP contribution in [0.1, 0.15) is 0 Å². The van der Waals surface area contributed by atoms with Crippen molar-refractivity contribution in [1.82, 2.24) is 0 Å². The van der Waals surface area contributed by atoms with Gasteiger partial charge in [-0.3, -0.25) is 0 Å². The molecular formula is C6H11ClO5. The maximum Gasteiger partial charge on any atom is 0.174 e. The highest BCUT2D eigenvalue weighted by atomic mass is 35.5. The van der Waals surface area contributed by atoms with E-state index in [-0.39, 0.29) is 0 Å². The Morgan fingerprint density at radius 1 is 1.17 bits per heavy atom. The number of hydrogen-bond donors (Lipinski definition) is 4. The van der Waals surface area contributed by atoms with Crippen molar-refractivity contribution in [3.05, 3.63) is 0 Å². The molecule has 0 aromatic carbocycles. The fraction of sp³-hybridized carbons (Fsp3) is 1.00. The summed E-state index contributed by atoms with van der Waals surface area (Å²) >= 11 is 5.47. The van der Waals surface area contributed by atoms with E-state index in [1.54, 1.807) is 0 Å². The molecule has 1 rings (SSSR count). The molecule has 6 heteroatoms. The van der Waals surface area contributed by atoms with Crippen LogP contribution in [0.3, 0.4) is 0 Å². The molecule has 1 aliphatic rings. The molecule has 5 nitrogen and oxygen atoms in total. The van der Waals surface area contributed by atoms with E-state index in [0.717, 1.165) is 0 Å². The minimum atomic E-state index is -1.36. The first-order valence-corrected chi connectivity index (χ1v) is 3.96. The lowest BCUT2D eigenvalue weighted by atomic mass is 10.0. The van der Waals surface area contributed by atoms with Crippen LogP contribution in [0.15, 0.2) is 0 Å². The Kier molecular flexibility index (Phi) is 3.28. The predicted molar refractivity (Wildman–Crippen MR) is 39.6 cm³/mol. The molecule has 0 radical (unpaired) electrons. The van der Waals surface area contributed by atoms with Gasteiger partial charge in [-0.1, -0.05) is 0 Å². The van der Waals surface area contributed by atoms with E-state index in [2.05, 4.69) is 0 Å². The average molecular weight is 199 g/mol. The summed E-state index contributed by atoms with van der Waals surface area (Å²) in [6.45, 7) is -0.473. The van der Waals surface area contributed by atoms with Crippen molar-refractivity contribution in [2.75, 3.05) is 6.61 Å². The monoisotopic (exact) mass is 198 g/mol. The van der Waals surface area contributed by atoms with Crippen molar-refractivity contribution < 1.29 is 25.2 Å². The Hall–Kier alpha value is 0.0900. The first kappa shape index (κ1) is 10.2. The van der Waals surface area contributed by atoms with Crippen molar-refractivity contribution in [3.63, 3.8) is 0 Å². The summed E-state index contributed by atoms with van der Waals surface area (Å²) in [6.07, 6.45) is -4.89. The maximum absolute atomic E-state index is 9.20. The van der Waals surface area contributed by atoms with E-state index in [9.17, 15) is 10.2 Å². The third-order valence-electron chi connectivity index (χ3n) is 1.82. The predicted octanol–water partition coefficient (Wildman–Crippen LogP) is -1.97. The first-order chi connectivity index (χ1) is 5.57. The molecular weight excluding hydrogens is 188 g/mol. The molecule has 1 saturated heterocycles. The van der Waals surface area contributed by atoms with Crippen LogP contribution in [0.25, 0.3) is 0 Å². The van der Waals surface area contributed by atoms with E-state index < -0.39 is 36.6 Å². The molecule has 5 atom stereocenters. The molecule has 2 unspecified atom stereocenters. The third kappa shape index (κ3) is 1.71. The molecule has 0 aliphatic carbocycles. The summed E-state index contributed by atoms with van der Waals surface area (Å²) in [5.41, 5.74) is 0. The summed E-state index contributed by atoms with van der Waals surface area (Å²) in [5.74, 6) is 0. The Balaban J connectivity index is 2.63. The third-order valence-corrected chi connectivity index (χ3v) is 2.30. The van der Waals surface area contributed by atoms with Crippen molar-refractivity contribution in [1.29, 1.82) is 0 Å². The molecule has 72 valence electrons. The summed E-state index contributed by atoms with van der Waals surface area (Å²) in [4.78, 5) is 0. The van der Waals surface area contributed by atoms with E-state index in [0.29, 0.717) is 0 Å². The second-order valence-corrected chi connectivity index (χ2v) is 3.18. The molecule has 0 amide bonds. The van der Waals surface area contributed by atoms with Crippen molar-refractivity contribution in [2.45, 2.75) is 30.0 Å². The number of aliphatic hydroxyl groups excluding tert-OH is 4. The van der Waals surface area contributed by atoms with Gasteiger partial charge < -0.3 is 25.2 Å². The van der Waals surface area contributed by atoms with Gasteiger partial charge in [-0.05, 0) is 0 Å². The Bertz CT molecular complexity index is 150. The first-order valence-electron chi connectivity index (χ1n) is 3.52. The smallest absolute Gasteiger partial charge is 0.174 e. The highest BCUT2D eigenvalue weighted by Gasteiger charge is 2.42. The molecule has 4 N–H and O–H groups in total. The molecule has 0 aromatic rings. The molecule has 0 aromatic heterocycles. The quantitative estimate of drug-likeness (QED) is 0.367. The molecule has 0 spiro atoms. The van der Waals surface area contributed by atoms with Crippen LogP contribution >= 0.6 is 11.6 Å². The fourth-order valence-electron chi connectivity index (χ4n) is 1.06. The Labute approximate surface area is 74.2 Å². The van der Waals surface area contributed by atoms with Gasteiger partial charge in [0.2, 0.25) is 0 Å². The van der Waals surface area contributed by atoms with Crippen molar-refractivity contribution in [2.24, 2.45) is 0 Å². The summed E-state index contributed by atoms with van der Waals surface area (Å²) in [7, 11) is 0. The lowest BCUT2D eigenvalue weighted by Gasteiger charge is -2.37. The van der Waals surface area contributed by atoms with E-state index in [4.69, 9.17) is 26.6 Å². The fourth-order valence-corrected chi connectivity index (χ4v) is 1.27. The second-order valence-electron chi connectivity index (χ2n) is 2.67. The van der Waals surface area contributed by atoms with Gasteiger partial charge in [0.15, 0.2) is 6.29 Å². The Morgan fingerprint density at radius 3 is 2.25 bits per heavy atom. The highest BCUT2D eigenvalue weighted by Crippen LogP contribution is 2.23. The van der Waals surface area contributed by atoms with Gasteiger partial charge in [-0.15, -0.1) is 11.6 Å². The topological polar surface area (TPSA) is 90.2 Å². The molecule has 1 fully saturated rings. The summed E-state index contributed by atoms with van der Waals surface area (Å²) < 4.78 is 4.69. The van der Waals surface area contributed by atoms with Crippen molar-refractivity contribution in [3.8, 4) is 0 Å². The largest absolute Gasteiger partial charge is 0.394 e. The minimum absolute atomic E-state index is 0.473. The summed E-state index contributed by atoms with van der Waals surface area (Å²) in [6, 6.07) is 0. The molecule has 1 heterocycles. The van der Waals surface area contributed by atoms with E-state index in [1.807, 2.05) is 0 Å². The highest BCUT2D eigenvalue weighted by molar-refractivity contribution is 6.21. The number of ether oxygens (including phenoxy) is 1. The van der Waals surface area contributed by atoms with Crippen LogP contribution < -0.4 is 0 Å². The molecule has 0 bridgehead atoms. The van der Waals surface area contributed by atoms with Gasteiger partial charge in [0.1, 0.15) is 23.7 Å². The van der Waals surface area contributed by atoms with Gasteiger partial charge in [-0.2, -0.15) is 0 Å². The van der Waals surface area contributed by atoms with E-state index in [1.165, 1.54) is 0 Å².